The van der Waals surface area contributed by atoms with E-state index >= 15 is 0 Å². The lowest BCUT2D eigenvalue weighted by atomic mass is 10.1. The van der Waals surface area contributed by atoms with Gasteiger partial charge in [-0.3, -0.25) is 9.36 Å². The smallest absolute Gasteiger partial charge is 0.309 e. The third kappa shape index (κ3) is 11.8. The maximum atomic E-state index is 12.6. The second kappa shape index (κ2) is 20.2. The first-order valence-corrected chi connectivity index (χ1v) is 22.2. The van der Waals surface area contributed by atoms with Crippen molar-refractivity contribution in [1.82, 2.24) is 9.97 Å². The van der Waals surface area contributed by atoms with Crippen LogP contribution in [-0.4, -0.2) is 29.5 Å². The van der Waals surface area contributed by atoms with E-state index in [1.807, 2.05) is 62.4 Å². The number of aryl methyl sites for hydroxylation is 2. The summed E-state index contributed by atoms with van der Waals surface area (Å²) in [5, 5.41) is 2.07. The molecule has 0 N–H and O–H groups in total. The molecule has 0 aliphatic rings. The fraction of sp³-hybridized carbons (Fsp3) is 0.146. The van der Waals surface area contributed by atoms with Crippen molar-refractivity contribution >= 4 is 69.1 Å². The molecule has 0 spiro atoms. The molecule has 8 rings (SSSR count). The molecule has 2 aromatic heterocycles. The molecule has 288 valence electrons. The van der Waals surface area contributed by atoms with Crippen LogP contribution in [0.15, 0.2) is 146 Å². The minimum atomic E-state index is -3.07. The lowest BCUT2D eigenvalue weighted by molar-refractivity contribution is 0.112. The molecule has 2 heterocycles. The summed E-state index contributed by atoms with van der Waals surface area (Å²) in [6.45, 7) is 8.60. The molecule has 0 amide bonds. The summed E-state index contributed by atoms with van der Waals surface area (Å²) in [4.78, 5) is 19.5. The van der Waals surface area contributed by atoms with E-state index < -0.39 is 7.60 Å². The van der Waals surface area contributed by atoms with Gasteiger partial charge in [-0.2, -0.15) is 0 Å². The molecule has 57 heavy (non-hydrogen) atoms. The highest BCUT2D eigenvalue weighted by Crippen LogP contribution is 2.51. The van der Waals surface area contributed by atoms with E-state index in [9.17, 15) is 9.36 Å². The third-order valence-corrected chi connectivity index (χ3v) is 12.9. The van der Waals surface area contributed by atoms with E-state index in [0.29, 0.717) is 13.2 Å². The van der Waals surface area contributed by atoms with E-state index in [1.54, 1.807) is 34.8 Å². The standard InChI is InChI=1S/C22H17NS.C19H22NO3PS.C7H6O/c1-16-7-14-20-21(15-16)24-22(23-20)19-12-10-18(11-13-19)9-8-17-5-3-2-4-6-17;1-4-22-24(21,23-5-2)13-15-7-9-16(10-8-15)19-20-17-11-6-14(3)12-18(17)25-19;8-6-7-4-2-1-3-5-7/h2-15H,1H3;6-12H,4-5,13H2,1-3H3;1-6H/b9-8+;;. The second-order valence-electron chi connectivity index (χ2n) is 13.2. The van der Waals surface area contributed by atoms with Gasteiger partial charge in [0.15, 0.2) is 0 Å². The van der Waals surface area contributed by atoms with Crippen LogP contribution in [0.25, 0.3) is 53.7 Å². The Kier molecular flexibility index (Phi) is 14.6. The van der Waals surface area contributed by atoms with Crippen molar-refractivity contribution in [1.29, 1.82) is 0 Å². The van der Waals surface area contributed by atoms with Gasteiger partial charge >= 0.3 is 7.60 Å². The van der Waals surface area contributed by atoms with Crippen molar-refractivity contribution < 1.29 is 18.4 Å². The number of aromatic nitrogens is 2. The average Bonchev–Trinajstić information content (AvgIpc) is 3.86. The monoisotopic (exact) mass is 808 g/mol. The predicted molar refractivity (Wildman–Crippen MR) is 241 cm³/mol. The maximum absolute atomic E-state index is 12.6. The van der Waals surface area contributed by atoms with Crippen molar-refractivity contribution in [2.45, 2.75) is 33.9 Å². The molecular weight excluding hydrogens is 764 g/mol. The Balaban J connectivity index is 0.000000162. The Hall–Kier alpha value is -5.34. The first-order valence-electron chi connectivity index (χ1n) is 18.8. The van der Waals surface area contributed by atoms with Crippen molar-refractivity contribution in [2.24, 2.45) is 0 Å². The summed E-state index contributed by atoms with van der Waals surface area (Å²) in [5.41, 5.74) is 10.9. The van der Waals surface area contributed by atoms with Crippen molar-refractivity contribution in [3.63, 3.8) is 0 Å². The van der Waals surface area contributed by atoms with E-state index in [4.69, 9.17) is 19.0 Å². The highest BCUT2D eigenvalue weighted by molar-refractivity contribution is 7.53. The number of carbonyl (C=O) groups is 1. The zero-order chi connectivity index (χ0) is 40.0. The van der Waals surface area contributed by atoms with E-state index in [1.165, 1.54) is 37.2 Å². The molecule has 0 atom stereocenters. The van der Waals surface area contributed by atoms with E-state index in [0.717, 1.165) is 44.0 Å². The Bertz CT molecular complexity index is 2570. The summed E-state index contributed by atoms with van der Waals surface area (Å²) < 4.78 is 25.8. The Morgan fingerprint density at radius 3 is 1.44 bits per heavy atom. The topological polar surface area (TPSA) is 78.4 Å². The molecule has 0 aliphatic heterocycles. The molecule has 0 bridgehead atoms. The molecule has 9 heteroatoms. The number of carbonyl (C=O) groups excluding carboxylic acids is 1. The Labute approximate surface area is 343 Å². The number of aldehydes is 1. The first kappa shape index (κ1) is 41.3. The lowest BCUT2D eigenvalue weighted by Gasteiger charge is -2.17. The molecule has 0 saturated heterocycles. The molecule has 8 aromatic rings. The normalized spacial score (nSPS) is 11.2. The van der Waals surface area contributed by atoms with Gasteiger partial charge in [-0.1, -0.05) is 133 Å². The largest absolute Gasteiger partial charge is 0.335 e. The molecule has 0 radical (unpaired) electrons. The molecule has 0 unspecified atom stereocenters. The number of benzene rings is 6. The van der Waals surface area contributed by atoms with Crippen LogP contribution in [0.5, 0.6) is 0 Å². The van der Waals surface area contributed by atoms with Gasteiger partial charge in [0.2, 0.25) is 0 Å². The van der Waals surface area contributed by atoms with Crippen LogP contribution in [0, 0.1) is 13.8 Å². The van der Waals surface area contributed by atoms with Gasteiger partial charge in [-0.05, 0) is 79.8 Å². The highest BCUT2D eigenvalue weighted by atomic mass is 32.1. The van der Waals surface area contributed by atoms with Crippen molar-refractivity contribution in [3.8, 4) is 21.1 Å². The zero-order valence-corrected chi connectivity index (χ0v) is 35.0. The minimum Gasteiger partial charge on any atom is -0.309 e. The highest BCUT2D eigenvalue weighted by Gasteiger charge is 2.24. The number of fused-ring (bicyclic) bond motifs is 2. The fourth-order valence-corrected chi connectivity index (χ4v) is 9.67. The number of thiazole rings is 2. The molecule has 6 nitrogen and oxygen atoms in total. The molecular formula is C48H45N2O4PS2. The van der Waals surface area contributed by atoms with Crippen LogP contribution in [0.4, 0.5) is 0 Å². The van der Waals surface area contributed by atoms with E-state index in [-0.39, 0.29) is 6.16 Å². The van der Waals surface area contributed by atoms with Crippen LogP contribution in [0.3, 0.4) is 0 Å². The summed E-state index contributed by atoms with van der Waals surface area (Å²) >= 11 is 3.44. The summed E-state index contributed by atoms with van der Waals surface area (Å²) in [6.07, 6.45) is 5.39. The summed E-state index contributed by atoms with van der Waals surface area (Å²) in [5.74, 6) is 0. The van der Waals surface area contributed by atoms with Gasteiger partial charge in [0.25, 0.3) is 0 Å². The third-order valence-electron chi connectivity index (χ3n) is 8.68. The quantitative estimate of drug-likeness (QED) is 0.0736. The van der Waals surface area contributed by atoms with Gasteiger partial charge in [0.1, 0.15) is 16.3 Å². The molecule has 0 aliphatic carbocycles. The molecule has 6 aromatic carbocycles. The molecule has 0 fully saturated rings. The van der Waals surface area contributed by atoms with Crippen LogP contribution in [0.2, 0.25) is 0 Å². The minimum absolute atomic E-state index is 0.286. The van der Waals surface area contributed by atoms with Crippen LogP contribution in [-0.2, 0) is 19.8 Å². The zero-order valence-electron chi connectivity index (χ0n) is 32.5. The summed E-state index contributed by atoms with van der Waals surface area (Å²) in [6, 6.07) is 48.7. The lowest BCUT2D eigenvalue weighted by Crippen LogP contribution is -1.99. The number of hydrogen-bond donors (Lipinski definition) is 0. The SMILES string of the molecule is CCOP(=O)(Cc1ccc(-c2nc3ccc(C)cc3s2)cc1)OCC.Cc1ccc2nc(-c3ccc(/C=C/c4ccccc4)cc3)sc2c1.O=Cc1ccccc1. The van der Waals surface area contributed by atoms with Crippen molar-refractivity contribution in [2.75, 3.05) is 13.2 Å². The fourth-order valence-electron chi connectivity index (χ4n) is 5.83. The van der Waals surface area contributed by atoms with E-state index in [2.05, 4.69) is 111 Å². The van der Waals surface area contributed by atoms with Crippen molar-refractivity contribution in [3.05, 3.63) is 179 Å². The maximum Gasteiger partial charge on any atom is 0.335 e. The predicted octanol–water partition coefficient (Wildman–Crippen LogP) is 14.0. The first-order chi connectivity index (χ1) is 27.7. The van der Waals surface area contributed by atoms with Gasteiger partial charge in [0, 0.05) is 16.7 Å². The van der Waals surface area contributed by atoms with Crippen LogP contribution >= 0.6 is 30.3 Å². The Morgan fingerprint density at radius 1 is 0.561 bits per heavy atom. The second-order valence-corrected chi connectivity index (χ2v) is 17.3. The number of nitrogens with zero attached hydrogens (tertiary/aromatic N) is 2. The summed E-state index contributed by atoms with van der Waals surface area (Å²) in [7, 11) is -3.07. The Morgan fingerprint density at radius 2 is 1.00 bits per heavy atom. The van der Waals surface area contributed by atoms with Crippen LogP contribution in [0.1, 0.15) is 52.0 Å². The van der Waals surface area contributed by atoms with Gasteiger partial charge in [-0.25, -0.2) is 9.97 Å². The van der Waals surface area contributed by atoms with Gasteiger partial charge in [-0.15, -0.1) is 22.7 Å². The average molecular weight is 809 g/mol. The van der Waals surface area contributed by atoms with Crippen LogP contribution < -0.4 is 0 Å². The molecule has 0 saturated carbocycles. The number of rotatable bonds is 11. The van der Waals surface area contributed by atoms with Gasteiger partial charge < -0.3 is 9.05 Å². The van der Waals surface area contributed by atoms with Gasteiger partial charge in [0.05, 0.1) is 39.8 Å². The number of hydrogen-bond acceptors (Lipinski definition) is 8.